The van der Waals surface area contributed by atoms with Gasteiger partial charge in [-0.25, -0.2) is 0 Å². The van der Waals surface area contributed by atoms with Gasteiger partial charge in [-0.2, -0.15) is 0 Å². The van der Waals surface area contributed by atoms with E-state index in [-0.39, 0.29) is 19.5 Å². The van der Waals surface area contributed by atoms with Gasteiger partial charge in [-0.15, -0.1) is 23.2 Å². The van der Waals surface area contributed by atoms with Crippen LogP contribution in [0.5, 0.6) is 0 Å². The molecule has 0 aliphatic heterocycles. The second-order valence-corrected chi connectivity index (χ2v) is 5.23. The molecule has 2 atom stereocenters. The third kappa shape index (κ3) is 13.0. The minimum Gasteiger partial charge on any atom is -0.781 e. The van der Waals surface area contributed by atoms with Gasteiger partial charge in [0.05, 0.1) is 0 Å². The molecule has 10 heteroatoms. The van der Waals surface area contributed by atoms with Crippen molar-refractivity contribution >= 4 is 39.7 Å². The zero-order valence-corrected chi connectivity index (χ0v) is 14.9. The van der Waals surface area contributed by atoms with Crippen LogP contribution in [0.1, 0.15) is 10.4 Å². The predicted octanol–water partition coefficient (Wildman–Crippen LogP) is 1.66. The summed E-state index contributed by atoms with van der Waals surface area (Å²) in [5, 5.41) is 0. The van der Waals surface area contributed by atoms with E-state index >= 15 is 0 Å². The number of halogens is 2. The summed E-state index contributed by atoms with van der Waals surface area (Å²) in [4.78, 5) is 18.2. The van der Waals surface area contributed by atoms with E-state index in [9.17, 15) is 18.9 Å². The van der Waals surface area contributed by atoms with E-state index in [0.29, 0.717) is 0 Å². The van der Waals surface area contributed by atoms with E-state index in [2.05, 4.69) is 4.31 Å². The van der Waals surface area contributed by atoms with E-state index < -0.39 is 21.3 Å². The van der Waals surface area contributed by atoms with Gasteiger partial charge in [0.15, 0.2) is 0 Å². The Labute approximate surface area is 123 Å². The third-order valence-electron chi connectivity index (χ3n) is 1.22. The van der Waals surface area contributed by atoms with Crippen LogP contribution < -0.4 is 9.79 Å². The summed E-state index contributed by atoms with van der Waals surface area (Å²) in [6, 6.07) is 9.54. The molecule has 5 nitrogen and oxygen atoms in total. The van der Waals surface area contributed by atoms with Crippen LogP contribution in [0.15, 0.2) is 30.3 Å². The fourth-order valence-corrected chi connectivity index (χ4v) is 1.50. The van der Waals surface area contributed by atoms with Crippen molar-refractivity contribution in [3.63, 3.8) is 0 Å². The molecule has 0 fully saturated rings. The third-order valence-corrected chi connectivity index (χ3v) is 3.06. The summed E-state index contributed by atoms with van der Waals surface area (Å²) in [7, 11) is -7.03. The Balaban J connectivity index is 0. The molecule has 0 saturated heterocycles. The second kappa shape index (κ2) is 11.8. The molecule has 0 amide bonds. The van der Waals surface area contributed by atoms with Crippen LogP contribution in [-0.4, -0.2) is 0 Å². The fourth-order valence-electron chi connectivity index (χ4n) is 0.667. The van der Waals surface area contributed by atoms with E-state index in [1.54, 1.807) is 0 Å². The van der Waals surface area contributed by atoms with Gasteiger partial charge in [-0.3, -0.25) is 4.31 Å². The maximum Gasteiger partial charge on any atom is 2.00 e. The summed E-state index contributed by atoms with van der Waals surface area (Å²) in [5.74, 6) is 0. The Morgan fingerprint density at radius 3 is 1.65 bits per heavy atom. The molecule has 1 aromatic carbocycles. The molecule has 0 aliphatic rings. The Kier molecular flexibility index (Phi) is 14.0. The summed E-state index contributed by atoms with van der Waals surface area (Å²) in [6.07, 6.45) is 0. The summed E-state index contributed by atoms with van der Waals surface area (Å²) in [6.45, 7) is 0. The molecule has 0 aliphatic carbocycles. The first-order chi connectivity index (χ1) is 7.43. The first-order valence-electron chi connectivity index (χ1n) is 3.86. The van der Waals surface area contributed by atoms with Crippen molar-refractivity contribution in [2.45, 2.75) is 4.84 Å². The fraction of sp³-hybridized carbons (Fsp3) is 0.143. The number of hydrogen-bond acceptors (Lipinski definition) is 5. The number of alkyl halides is 2. The van der Waals surface area contributed by atoms with Gasteiger partial charge < -0.3 is 18.9 Å². The molecular weight excluding hydrogens is 362 g/mol. The first-order valence-corrected chi connectivity index (χ1v) is 7.18. The van der Waals surface area contributed by atoms with Gasteiger partial charge in [-0.1, -0.05) is 30.3 Å². The Morgan fingerprint density at radius 1 is 1.06 bits per heavy atom. The monoisotopic (exact) mass is 368 g/mol. The van der Waals surface area contributed by atoms with E-state index in [0.717, 1.165) is 5.56 Å². The molecule has 92 valence electrons. The number of hydrogen-bond donors (Lipinski definition) is 0. The largest absolute Gasteiger partial charge is 2.00 e. The zero-order valence-electron chi connectivity index (χ0n) is 8.47. The van der Waals surface area contributed by atoms with E-state index in [1.807, 2.05) is 30.3 Å². The van der Waals surface area contributed by atoms with E-state index in [4.69, 9.17) is 23.2 Å². The molecule has 0 radical (unpaired) electrons. The van der Waals surface area contributed by atoms with Crippen LogP contribution in [0.2, 0.25) is 0 Å². The average Bonchev–Trinajstić information content (AvgIpc) is 2.17. The van der Waals surface area contributed by atoms with Crippen molar-refractivity contribution in [3.05, 3.63) is 35.9 Å². The van der Waals surface area contributed by atoms with Crippen molar-refractivity contribution in [3.8, 4) is 0 Å². The van der Waals surface area contributed by atoms with Crippen molar-refractivity contribution in [1.29, 1.82) is 0 Å². The standard InChI is InChI=1S/C7H6Cl2.H4O5P2.Zn/c8-7(9)6-4-2-1-3-5-6;1-6(2)5-7(3)4;/h1-5,7H;6-7H,(H,1,2)(H,3,4);/q;;+2/p-2. The molecule has 0 N–H and O–H groups in total. The number of rotatable bonds is 3. The maximum atomic E-state index is 9.29. The summed E-state index contributed by atoms with van der Waals surface area (Å²) in [5.41, 5.74) is 0.945. The van der Waals surface area contributed by atoms with Gasteiger partial charge in [0.2, 0.25) is 0 Å². The van der Waals surface area contributed by atoms with Gasteiger partial charge in [-0.05, 0) is 5.56 Å². The maximum absolute atomic E-state index is 9.29. The number of benzene rings is 1. The Bertz CT molecular complexity index is 339. The van der Waals surface area contributed by atoms with E-state index in [1.165, 1.54) is 0 Å². The predicted molar refractivity (Wildman–Crippen MR) is 60.0 cm³/mol. The molecule has 2 unspecified atom stereocenters. The molecule has 1 aromatic rings. The smallest absolute Gasteiger partial charge is 0.781 e. The molecule has 0 bridgehead atoms. The minimum atomic E-state index is -3.51. The van der Waals surface area contributed by atoms with Crippen LogP contribution in [0.25, 0.3) is 0 Å². The SMILES string of the molecule is ClC(Cl)c1ccccc1.O=[PH]([O-])O[PH](=O)[O-].[Zn+2]. The van der Waals surface area contributed by atoms with Gasteiger partial charge >= 0.3 is 19.5 Å². The molecule has 0 heterocycles. The molecule has 0 spiro atoms. The van der Waals surface area contributed by atoms with Gasteiger partial charge in [0.1, 0.15) is 21.3 Å². The zero-order chi connectivity index (χ0) is 12.6. The second-order valence-electron chi connectivity index (χ2n) is 2.31. The van der Waals surface area contributed by atoms with Crippen LogP contribution in [0, 0.1) is 0 Å². The molecule has 1 rings (SSSR count). The van der Waals surface area contributed by atoms with Crippen molar-refractivity contribution in [1.82, 2.24) is 0 Å². The van der Waals surface area contributed by atoms with Gasteiger partial charge in [0.25, 0.3) is 0 Å². The Hall–Kier alpha value is 0.763. The van der Waals surface area contributed by atoms with Crippen molar-refractivity contribution < 1.29 is 42.7 Å². The molecule has 0 saturated carbocycles. The normalized spacial score (nSPS) is 13.0. The van der Waals surface area contributed by atoms with Crippen LogP contribution in [-0.2, 0) is 32.9 Å². The molecule has 0 aromatic heterocycles. The van der Waals surface area contributed by atoms with Crippen molar-refractivity contribution in [2.24, 2.45) is 0 Å². The first kappa shape index (κ1) is 20.1. The molecular formula is C7H8Cl2O5P2Zn. The molecule has 17 heavy (non-hydrogen) atoms. The minimum absolute atomic E-state index is 0. The summed E-state index contributed by atoms with van der Waals surface area (Å²) < 4.78 is 21.8. The van der Waals surface area contributed by atoms with Crippen LogP contribution in [0.3, 0.4) is 0 Å². The quantitative estimate of drug-likeness (QED) is 0.459. The Morgan fingerprint density at radius 2 is 1.47 bits per heavy atom. The summed E-state index contributed by atoms with van der Waals surface area (Å²) >= 11 is 11.1. The van der Waals surface area contributed by atoms with Crippen LogP contribution >= 0.6 is 39.7 Å². The van der Waals surface area contributed by atoms with Crippen LogP contribution in [0.4, 0.5) is 0 Å². The topological polar surface area (TPSA) is 89.5 Å². The van der Waals surface area contributed by atoms with Gasteiger partial charge in [0, 0.05) is 0 Å². The van der Waals surface area contributed by atoms with Crippen molar-refractivity contribution in [2.75, 3.05) is 0 Å². The average molecular weight is 370 g/mol.